The Morgan fingerprint density at radius 3 is 2.75 bits per heavy atom. The molecule has 0 amide bonds. The van der Waals surface area contributed by atoms with Crippen molar-refractivity contribution >= 4 is 39.1 Å². The van der Waals surface area contributed by atoms with Crippen LogP contribution in [0.2, 0.25) is 10.0 Å². The van der Waals surface area contributed by atoms with Crippen molar-refractivity contribution in [3.05, 3.63) is 56.0 Å². The molecule has 0 saturated heterocycles. The highest BCUT2D eigenvalue weighted by molar-refractivity contribution is 9.10. The highest BCUT2D eigenvalue weighted by atomic mass is 79.9. The zero-order valence-electron chi connectivity index (χ0n) is 10.8. The Kier molecular flexibility index (Phi) is 4.89. The van der Waals surface area contributed by atoms with Crippen LogP contribution in [-0.4, -0.2) is 4.98 Å². The first-order chi connectivity index (χ1) is 9.40. The van der Waals surface area contributed by atoms with Gasteiger partial charge < -0.3 is 4.74 Å². The standard InChI is InChI=1S/C14H11BrCl2FNO/c1-7-12(5-9(15)6-19-7)20-8(2)13-10(16)3-4-11(18)14(13)17/h3-6,8H,1-2H3/t8-/m1/s1. The number of halogens is 4. The Labute approximate surface area is 135 Å². The summed E-state index contributed by atoms with van der Waals surface area (Å²) in [6.07, 6.45) is 1.18. The summed E-state index contributed by atoms with van der Waals surface area (Å²) in [5.74, 6) is 0.0638. The largest absolute Gasteiger partial charge is 0.484 e. The molecule has 0 saturated carbocycles. The topological polar surface area (TPSA) is 22.1 Å². The molecule has 0 aliphatic heterocycles. The molecule has 0 spiro atoms. The number of hydrogen-bond acceptors (Lipinski definition) is 2. The maximum absolute atomic E-state index is 13.5. The van der Waals surface area contributed by atoms with Crippen LogP contribution >= 0.6 is 39.1 Å². The minimum absolute atomic E-state index is 0.0226. The Bertz CT molecular complexity index is 651. The van der Waals surface area contributed by atoms with Gasteiger partial charge in [0.25, 0.3) is 0 Å². The van der Waals surface area contributed by atoms with Crippen LogP contribution < -0.4 is 4.74 Å². The number of ether oxygens (including phenoxy) is 1. The van der Waals surface area contributed by atoms with Crippen LogP contribution in [0.4, 0.5) is 4.39 Å². The molecule has 0 aliphatic carbocycles. The van der Waals surface area contributed by atoms with Crippen LogP contribution in [0.15, 0.2) is 28.9 Å². The van der Waals surface area contributed by atoms with Crippen LogP contribution in [0.3, 0.4) is 0 Å². The summed E-state index contributed by atoms with van der Waals surface area (Å²) >= 11 is 15.4. The zero-order valence-corrected chi connectivity index (χ0v) is 13.9. The van der Waals surface area contributed by atoms with Gasteiger partial charge in [-0.3, -0.25) is 4.98 Å². The Hall–Kier alpha value is -0.840. The molecule has 0 bridgehead atoms. The van der Waals surface area contributed by atoms with Crippen molar-refractivity contribution in [3.63, 3.8) is 0 Å². The van der Waals surface area contributed by atoms with Crippen LogP contribution in [-0.2, 0) is 0 Å². The van der Waals surface area contributed by atoms with E-state index < -0.39 is 11.9 Å². The molecule has 0 N–H and O–H groups in total. The van der Waals surface area contributed by atoms with Gasteiger partial charge in [0.15, 0.2) is 0 Å². The molecule has 2 aromatic rings. The fourth-order valence-corrected chi connectivity index (χ4v) is 2.76. The minimum Gasteiger partial charge on any atom is -0.484 e. The van der Waals surface area contributed by atoms with E-state index in [9.17, 15) is 4.39 Å². The lowest BCUT2D eigenvalue weighted by molar-refractivity contribution is 0.224. The molecule has 20 heavy (non-hydrogen) atoms. The van der Waals surface area contributed by atoms with E-state index in [2.05, 4.69) is 20.9 Å². The normalized spacial score (nSPS) is 12.3. The highest BCUT2D eigenvalue weighted by Crippen LogP contribution is 2.35. The van der Waals surface area contributed by atoms with Crippen LogP contribution in [0, 0.1) is 12.7 Å². The van der Waals surface area contributed by atoms with E-state index in [4.69, 9.17) is 27.9 Å². The molecule has 1 heterocycles. The van der Waals surface area contributed by atoms with Gasteiger partial charge in [0.05, 0.1) is 10.7 Å². The van der Waals surface area contributed by atoms with Gasteiger partial charge in [-0.2, -0.15) is 0 Å². The number of nitrogens with zero attached hydrogens (tertiary/aromatic N) is 1. The first kappa shape index (κ1) is 15.5. The molecule has 6 heteroatoms. The summed E-state index contributed by atoms with van der Waals surface area (Å²) < 4.78 is 20.1. The lowest BCUT2D eigenvalue weighted by atomic mass is 10.1. The predicted octanol–water partition coefficient (Wildman–Crippen LogP) is 5.74. The van der Waals surface area contributed by atoms with Crippen molar-refractivity contribution < 1.29 is 9.13 Å². The van der Waals surface area contributed by atoms with Gasteiger partial charge in [-0.15, -0.1) is 0 Å². The summed E-state index contributed by atoms with van der Waals surface area (Å²) in [5.41, 5.74) is 1.15. The maximum Gasteiger partial charge on any atom is 0.142 e. The molecule has 2 rings (SSSR count). The molecule has 106 valence electrons. The summed E-state index contributed by atoms with van der Waals surface area (Å²) in [7, 11) is 0. The number of aryl methyl sites for hydroxylation is 1. The second-order valence-corrected chi connectivity index (χ2v) is 5.95. The van der Waals surface area contributed by atoms with Gasteiger partial charge >= 0.3 is 0 Å². The average molecular weight is 379 g/mol. The zero-order chi connectivity index (χ0) is 14.9. The van der Waals surface area contributed by atoms with Gasteiger partial charge in [0.2, 0.25) is 0 Å². The Morgan fingerprint density at radius 2 is 2.05 bits per heavy atom. The average Bonchev–Trinajstić information content (AvgIpc) is 2.39. The molecular weight excluding hydrogens is 368 g/mol. The number of benzene rings is 1. The van der Waals surface area contributed by atoms with Gasteiger partial charge in [-0.05, 0) is 48.0 Å². The van der Waals surface area contributed by atoms with Crippen molar-refractivity contribution in [3.8, 4) is 5.75 Å². The highest BCUT2D eigenvalue weighted by Gasteiger charge is 2.19. The van der Waals surface area contributed by atoms with Crippen molar-refractivity contribution in [2.24, 2.45) is 0 Å². The second-order valence-electron chi connectivity index (χ2n) is 4.25. The number of pyridine rings is 1. The number of rotatable bonds is 3. The molecule has 0 unspecified atom stereocenters. The first-order valence-electron chi connectivity index (χ1n) is 5.82. The van der Waals surface area contributed by atoms with E-state index in [1.165, 1.54) is 12.1 Å². The summed E-state index contributed by atoms with van der Waals surface area (Å²) in [5, 5.41) is 0.343. The van der Waals surface area contributed by atoms with Gasteiger partial charge in [-0.1, -0.05) is 23.2 Å². The minimum atomic E-state index is -0.523. The third kappa shape index (κ3) is 3.25. The molecule has 1 aromatic carbocycles. The van der Waals surface area contributed by atoms with Crippen molar-refractivity contribution in [1.82, 2.24) is 4.98 Å². The predicted molar refractivity (Wildman–Crippen MR) is 82.1 cm³/mol. The number of hydrogen-bond donors (Lipinski definition) is 0. The van der Waals surface area contributed by atoms with Crippen LogP contribution in [0.25, 0.3) is 0 Å². The number of aromatic nitrogens is 1. The summed E-state index contributed by atoms with van der Waals surface area (Å²) in [6.45, 7) is 3.58. The summed E-state index contributed by atoms with van der Waals surface area (Å²) in [6, 6.07) is 4.48. The summed E-state index contributed by atoms with van der Waals surface area (Å²) in [4.78, 5) is 4.18. The molecule has 1 atom stereocenters. The fraction of sp³-hybridized carbons (Fsp3) is 0.214. The van der Waals surface area contributed by atoms with Gasteiger partial charge in [0.1, 0.15) is 17.7 Å². The van der Waals surface area contributed by atoms with Crippen LogP contribution in [0.1, 0.15) is 24.3 Å². The Balaban J connectivity index is 2.35. The smallest absolute Gasteiger partial charge is 0.142 e. The molecule has 2 nitrogen and oxygen atoms in total. The molecule has 0 radical (unpaired) electrons. The van der Waals surface area contributed by atoms with E-state index >= 15 is 0 Å². The van der Waals surface area contributed by atoms with Gasteiger partial charge in [0, 0.05) is 21.3 Å². The first-order valence-corrected chi connectivity index (χ1v) is 7.37. The van der Waals surface area contributed by atoms with E-state index in [1.54, 1.807) is 19.2 Å². The van der Waals surface area contributed by atoms with Crippen LogP contribution in [0.5, 0.6) is 5.75 Å². The monoisotopic (exact) mass is 377 g/mol. The van der Waals surface area contributed by atoms with E-state index in [-0.39, 0.29) is 5.02 Å². The molecule has 0 aliphatic rings. The molecular formula is C14H11BrCl2FNO. The third-order valence-electron chi connectivity index (χ3n) is 2.80. The van der Waals surface area contributed by atoms with Crippen molar-refractivity contribution in [2.75, 3.05) is 0 Å². The maximum atomic E-state index is 13.5. The van der Waals surface area contributed by atoms with E-state index in [0.29, 0.717) is 16.3 Å². The molecule has 0 fully saturated rings. The quantitative estimate of drug-likeness (QED) is 0.635. The molecule has 1 aromatic heterocycles. The van der Waals surface area contributed by atoms with Gasteiger partial charge in [-0.25, -0.2) is 4.39 Å². The second kappa shape index (κ2) is 6.29. The van der Waals surface area contributed by atoms with E-state index in [1.807, 2.05) is 6.92 Å². The lowest BCUT2D eigenvalue weighted by Gasteiger charge is -2.19. The van der Waals surface area contributed by atoms with Crippen molar-refractivity contribution in [2.45, 2.75) is 20.0 Å². The fourth-order valence-electron chi connectivity index (χ4n) is 1.77. The lowest BCUT2D eigenvalue weighted by Crippen LogP contribution is -2.07. The van der Waals surface area contributed by atoms with E-state index in [0.717, 1.165) is 10.2 Å². The third-order valence-corrected chi connectivity index (χ3v) is 3.94. The Morgan fingerprint density at radius 1 is 1.35 bits per heavy atom. The van der Waals surface area contributed by atoms with Crippen molar-refractivity contribution in [1.29, 1.82) is 0 Å². The SMILES string of the molecule is Cc1ncc(Br)cc1O[C@H](C)c1c(Cl)ccc(F)c1Cl.